The molecule has 0 amide bonds. The SMILES string of the molecule is CC(NCC(F)(F)CO)c1ccc(Cl)c(Cl)c1Cl. The molecule has 0 saturated heterocycles. The third kappa shape index (κ3) is 3.93. The fraction of sp³-hybridized carbons (Fsp3) is 0.455. The third-order valence-corrected chi connectivity index (χ3v) is 3.74. The van der Waals surface area contributed by atoms with Crippen molar-refractivity contribution in [1.82, 2.24) is 5.32 Å². The zero-order chi connectivity index (χ0) is 13.9. The molecule has 0 heterocycles. The normalized spacial score (nSPS) is 13.7. The van der Waals surface area contributed by atoms with Gasteiger partial charge in [0.25, 0.3) is 5.92 Å². The number of alkyl halides is 2. The van der Waals surface area contributed by atoms with Crippen molar-refractivity contribution in [2.24, 2.45) is 0 Å². The summed E-state index contributed by atoms with van der Waals surface area (Å²) in [6, 6.07) is 2.73. The van der Waals surface area contributed by atoms with Gasteiger partial charge in [-0.15, -0.1) is 0 Å². The maximum atomic E-state index is 12.9. The van der Waals surface area contributed by atoms with Crippen LogP contribution >= 0.6 is 34.8 Å². The van der Waals surface area contributed by atoms with E-state index >= 15 is 0 Å². The number of aliphatic hydroxyl groups is 1. The lowest BCUT2D eigenvalue weighted by Gasteiger charge is -2.20. The fourth-order valence-electron chi connectivity index (χ4n) is 1.34. The summed E-state index contributed by atoms with van der Waals surface area (Å²) in [6.45, 7) is -0.192. The van der Waals surface area contributed by atoms with Crippen LogP contribution in [-0.2, 0) is 0 Å². The lowest BCUT2D eigenvalue weighted by atomic mass is 10.1. The molecule has 1 rings (SSSR count). The van der Waals surface area contributed by atoms with Gasteiger partial charge in [-0.1, -0.05) is 40.9 Å². The first kappa shape index (κ1) is 15.9. The Balaban J connectivity index is 2.79. The van der Waals surface area contributed by atoms with Gasteiger partial charge in [0.1, 0.15) is 6.61 Å². The van der Waals surface area contributed by atoms with E-state index in [0.717, 1.165) is 0 Å². The van der Waals surface area contributed by atoms with Crippen molar-refractivity contribution in [2.75, 3.05) is 13.2 Å². The van der Waals surface area contributed by atoms with Crippen molar-refractivity contribution < 1.29 is 13.9 Å². The molecular weight excluding hydrogens is 306 g/mol. The van der Waals surface area contributed by atoms with Crippen molar-refractivity contribution >= 4 is 34.8 Å². The molecule has 0 bridgehead atoms. The Morgan fingerprint density at radius 1 is 1.28 bits per heavy atom. The second-order valence-electron chi connectivity index (χ2n) is 3.88. The van der Waals surface area contributed by atoms with Gasteiger partial charge in [0.05, 0.1) is 21.6 Å². The smallest absolute Gasteiger partial charge is 0.282 e. The van der Waals surface area contributed by atoms with Gasteiger partial charge < -0.3 is 10.4 Å². The molecule has 102 valence electrons. The molecule has 0 aliphatic carbocycles. The summed E-state index contributed by atoms with van der Waals surface area (Å²) >= 11 is 17.6. The molecule has 1 aromatic rings. The van der Waals surface area contributed by atoms with Crippen LogP contribution < -0.4 is 5.32 Å². The number of benzene rings is 1. The molecule has 0 aliphatic rings. The number of hydrogen-bond donors (Lipinski definition) is 2. The van der Waals surface area contributed by atoms with E-state index in [2.05, 4.69) is 5.32 Å². The van der Waals surface area contributed by atoms with E-state index < -0.39 is 25.1 Å². The lowest BCUT2D eigenvalue weighted by molar-refractivity contribution is -0.0490. The minimum atomic E-state index is -3.17. The van der Waals surface area contributed by atoms with Gasteiger partial charge in [0.2, 0.25) is 0 Å². The molecule has 0 fully saturated rings. The van der Waals surface area contributed by atoms with E-state index in [0.29, 0.717) is 10.6 Å². The molecule has 1 atom stereocenters. The molecule has 0 aromatic heterocycles. The van der Waals surface area contributed by atoms with E-state index in [1.165, 1.54) is 0 Å². The number of hydrogen-bond acceptors (Lipinski definition) is 2. The predicted molar refractivity (Wildman–Crippen MR) is 69.9 cm³/mol. The Labute approximate surface area is 119 Å². The molecule has 0 aliphatic heterocycles. The molecule has 0 saturated carbocycles. The third-order valence-electron chi connectivity index (χ3n) is 2.43. The van der Waals surface area contributed by atoms with Gasteiger partial charge in [-0.25, -0.2) is 8.78 Å². The highest BCUT2D eigenvalue weighted by Gasteiger charge is 2.28. The quantitative estimate of drug-likeness (QED) is 0.806. The van der Waals surface area contributed by atoms with Gasteiger partial charge in [-0.05, 0) is 18.6 Å². The first-order chi connectivity index (χ1) is 8.28. The second-order valence-corrected chi connectivity index (χ2v) is 5.04. The van der Waals surface area contributed by atoms with Crippen LogP contribution in [0.5, 0.6) is 0 Å². The van der Waals surface area contributed by atoms with E-state index in [4.69, 9.17) is 39.9 Å². The summed E-state index contributed by atoms with van der Waals surface area (Å²) in [5.74, 6) is -3.17. The minimum Gasteiger partial charge on any atom is -0.390 e. The predicted octanol–water partition coefficient (Wildman–Crippen LogP) is 3.93. The Morgan fingerprint density at radius 2 is 1.89 bits per heavy atom. The summed E-state index contributed by atoms with van der Waals surface area (Å²) in [6.07, 6.45) is 0. The van der Waals surface area contributed by atoms with Gasteiger partial charge in [0, 0.05) is 6.04 Å². The summed E-state index contributed by atoms with van der Waals surface area (Å²) in [7, 11) is 0. The molecule has 1 aromatic carbocycles. The van der Waals surface area contributed by atoms with Gasteiger partial charge in [0.15, 0.2) is 0 Å². The molecular formula is C11H12Cl3F2NO. The van der Waals surface area contributed by atoms with Crippen molar-refractivity contribution in [3.8, 4) is 0 Å². The van der Waals surface area contributed by atoms with Crippen LogP contribution in [-0.4, -0.2) is 24.2 Å². The Hall–Kier alpha value is -0.130. The van der Waals surface area contributed by atoms with Crippen LogP contribution in [0, 0.1) is 0 Å². The zero-order valence-electron chi connectivity index (χ0n) is 9.48. The molecule has 2 nitrogen and oxygen atoms in total. The first-order valence-corrected chi connectivity index (χ1v) is 6.27. The monoisotopic (exact) mass is 317 g/mol. The summed E-state index contributed by atoms with van der Waals surface area (Å²) in [4.78, 5) is 0. The Morgan fingerprint density at radius 3 is 2.44 bits per heavy atom. The fourth-order valence-corrected chi connectivity index (χ4v) is 2.05. The standard InChI is InChI=1S/C11H12Cl3F2NO/c1-6(17-4-11(15,16)5-18)7-2-3-8(12)10(14)9(7)13/h2-3,6,17-18H,4-5H2,1H3. The highest BCUT2D eigenvalue weighted by molar-refractivity contribution is 6.48. The highest BCUT2D eigenvalue weighted by Crippen LogP contribution is 2.35. The van der Waals surface area contributed by atoms with E-state index in [9.17, 15) is 8.78 Å². The lowest BCUT2D eigenvalue weighted by Crippen LogP contribution is -2.37. The van der Waals surface area contributed by atoms with Gasteiger partial charge >= 0.3 is 0 Å². The molecule has 1 unspecified atom stereocenters. The molecule has 0 spiro atoms. The topological polar surface area (TPSA) is 32.3 Å². The van der Waals surface area contributed by atoms with Crippen molar-refractivity contribution in [3.63, 3.8) is 0 Å². The zero-order valence-corrected chi connectivity index (χ0v) is 11.8. The number of rotatable bonds is 5. The average molecular weight is 319 g/mol. The van der Waals surface area contributed by atoms with Crippen LogP contribution in [0.1, 0.15) is 18.5 Å². The number of nitrogens with one attached hydrogen (secondary N) is 1. The molecule has 2 N–H and O–H groups in total. The van der Waals surface area contributed by atoms with Crippen LogP contribution in [0.2, 0.25) is 15.1 Å². The summed E-state index contributed by atoms with van der Waals surface area (Å²) in [5.41, 5.74) is 0.569. The van der Waals surface area contributed by atoms with Crippen molar-refractivity contribution in [1.29, 1.82) is 0 Å². The number of halogens is 5. The van der Waals surface area contributed by atoms with E-state index in [-0.39, 0.29) is 10.0 Å². The second kappa shape index (κ2) is 6.35. The van der Waals surface area contributed by atoms with Crippen LogP contribution in [0.4, 0.5) is 8.78 Å². The highest BCUT2D eigenvalue weighted by atomic mass is 35.5. The average Bonchev–Trinajstić information content (AvgIpc) is 2.33. The molecule has 18 heavy (non-hydrogen) atoms. The van der Waals surface area contributed by atoms with Gasteiger partial charge in [-0.3, -0.25) is 0 Å². The molecule has 7 heteroatoms. The summed E-state index contributed by atoms with van der Waals surface area (Å²) < 4.78 is 25.8. The number of aliphatic hydroxyl groups excluding tert-OH is 1. The van der Waals surface area contributed by atoms with Crippen molar-refractivity contribution in [2.45, 2.75) is 18.9 Å². The maximum absolute atomic E-state index is 12.9. The van der Waals surface area contributed by atoms with Crippen LogP contribution in [0.15, 0.2) is 12.1 Å². The molecule has 0 radical (unpaired) electrons. The maximum Gasteiger partial charge on any atom is 0.282 e. The van der Waals surface area contributed by atoms with Crippen LogP contribution in [0.25, 0.3) is 0 Å². The Bertz CT molecular complexity index is 429. The van der Waals surface area contributed by atoms with Crippen molar-refractivity contribution in [3.05, 3.63) is 32.8 Å². The minimum absolute atomic E-state index is 0.193. The van der Waals surface area contributed by atoms with Crippen LogP contribution in [0.3, 0.4) is 0 Å². The van der Waals surface area contributed by atoms with E-state index in [1.54, 1.807) is 19.1 Å². The first-order valence-electron chi connectivity index (χ1n) is 5.14. The van der Waals surface area contributed by atoms with Gasteiger partial charge in [-0.2, -0.15) is 0 Å². The largest absolute Gasteiger partial charge is 0.390 e. The van der Waals surface area contributed by atoms with E-state index in [1.807, 2.05) is 0 Å². The Kier molecular flexibility index (Phi) is 5.62. The summed E-state index contributed by atoms with van der Waals surface area (Å²) in [5, 5.41) is 11.8.